The third-order valence-electron chi connectivity index (χ3n) is 6.29. The molecule has 1 amide bonds. The number of anilines is 1. The lowest BCUT2D eigenvalue weighted by Crippen LogP contribution is -2.61. The molecule has 4 heterocycles. The lowest BCUT2D eigenvalue weighted by atomic mass is 10.00. The summed E-state index contributed by atoms with van der Waals surface area (Å²) in [7, 11) is 0. The van der Waals surface area contributed by atoms with E-state index in [2.05, 4.69) is 15.0 Å². The summed E-state index contributed by atoms with van der Waals surface area (Å²) in [6.45, 7) is 6.63. The molecule has 29 heavy (non-hydrogen) atoms. The Morgan fingerprint density at radius 3 is 2.41 bits per heavy atom. The molecule has 7 heteroatoms. The first-order valence-electron chi connectivity index (χ1n) is 10.7. The molecule has 154 valence electrons. The second-order valence-corrected chi connectivity index (χ2v) is 8.14. The minimum atomic E-state index is 0.0276. The first-order valence-corrected chi connectivity index (χ1v) is 10.7. The van der Waals surface area contributed by atoms with E-state index in [9.17, 15) is 4.79 Å². The highest BCUT2D eigenvalue weighted by atomic mass is 16.5. The van der Waals surface area contributed by atoms with Crippen LogP contribution in [0, 0.1) is 0 Å². The van der Waals surface area contributed by atoms with Crippen molar-refractivity contribution in [2.75, 3.05) is 57.4 Å². The maximum atomic E-state index is 13.5. The number of morpholine rings is 1. The molecule has 1 aromatic heterocycles. The second kappa shape index (κ2) is 8.16. The van der Waals surface area contributed by atoms with Crippen molar-refractivity contribution in [3.63, 3.8) is 0 Å². The number of likely N-dealkylation sites (tertiary alicyclic amines) is 2. The number of nitrogens with zero attached hydrogens (tertiary/aromatic N) is 4. The van der Waals surface area contributed by atoms with E-state index in [1.165, 1.54) is 19.3 Å². The van der Waals surface area contributed by atoms with Gasteiger partial charge >= 0.3 is 0 Å². The SMILES string of the molecule is O=C(c1c(N2CCOCC2)noc1-c1ccccc1)N1CC(N2CCCCC2)C1. The quantitative estimate of drug-likeness (QED) is 0.791. The largest absolute Gasteiger partial charge is 0.378 e. The zero-order chi connectivity index (χ0) is 19.6. The summed E-state index contributed by atoms with van der Waals surface area (Å²) < 4.78 is 11.2. The lowest BCUT2D eigenvalue weighted by molar-refractivity contribution is 0.0204. The van der Waals surface area contributed by atoms with Crippen LogP contribution >= 0.6 is 0 Å². The molecule has 3 fully saturated rings. The third kappa shape index (κ3) is 3.65. The third-order valence-corrected chi connectivity index (χ3v) is 6.29. The molecule has 0 radical (unpaired) electrons. The Balaban J connectivity index is 1.40. The standard InChI is InChI=1S/C22H28N4O3/c27-22(26-15-18(16-26)24-9-5-2-6-10-24)19-20(17-7-3-1-4-8-17)29-23-21(19)25-11-13-28-14-12-25/h1,3-4,7-8,18H,2,5-6,9-16H2. The van der Waals surface area contributed by atoms with Crippen LogP contribution < -0.4 is 4.90 Å². The van der Waals surface area contributed by atoms with Crippen LogP contribution in [0.25, 0.3) is 11.3 Å². The van der Waals surface area contributed by atoms with Crippen LogP contribution in [0.3, 0.4) is 0 Å². The van der Waals surface area contributed by atoms with Gasteiger partial charge in [0.2, 0.25) is 0 Å². The van der Waals surface area contributed by atoms with Gasteiger partial charge in [0.05, 0.1) is 13.2 Å². The van der Waals surface area contributed by atoms with Gasteiger partial charge in [-0.25, -0.2) is 0 Å². The van der Waals surface area contributed by atoms with Crippen LogP contribution in [0.2, 0.25) is 0 Å². The normalized spacial score (nSPS) is 21.2. The molecular formula is C22H28N4O3. The fourth-order valence-corrected chi connectivity index (χ4v) is 4.55. The van der Waals surface area contributed by atoms with Crippen LogP contribution in [0.5, 0.6) is 0 Å². The van der Waals surface area contributed by atoms with E-state index in [1.807, 2.05) is 35.2 Å². The molecular weight excluding hydrogens is 368 g/mol. The van der Waals surface area contributed by atoms with Crippen molar-refractivity contribution in [2.45, 2.75) is 25.3 Å². The van der Waals surface area contributed by atoms with Crippen molar-refractivity contribution in [3.8, 4) is 11.3 Å². The molecule has 0 aliphatic carbocycles. The fraction of sp³-hybridized carbons (Fsp3) is 0.545. The van der Waals surface area contributed by atoms with Gasteiger partial charge in [-0.3, -0.25) is 9.69 Å². The maximum Gasteiger partial charge on any atom is 0.261 e. The van der Waals surface area contributed by atoms with Crippen LogP contribution in [-0.4, -0.2) is 79.4 Å². The van der Waals surface area contributed by atoms with Gasteiger partial charge in [-0.15, -0.1) is 0 Å². The molecule has 0 N–H and O–H groups in total. The molecule has 0 spiro atoms. The highest BCUT2D eigenvalue weighted by molar-refractivity contribution is 6.04. The van der Waals surface area contributed by atoms with Crippen molar-refractivity contribution < 1.29 is 14.1 Å². The number of rotatable bonds is 4. The monoisotopic (exact) mass is 396 g/mol. The number of aromatic nitrogens is 1. The van der Waals surface area contributed by atoms with Crippen LogP contribution in [0.15, 0.2) is 34.9 Å². The van der Waals surface area contributed by atoms with Crippen molar-refractivity contribution in [1.82, 2.24) is 15.0 Å². The van der Waals surface area contributed by atoms with Gasteiger partial charge in [0.25, 0.3) is 5.91 Å². The van der Waals surface area contributed by atoms with E-state index in [4.69, 9.17) is 9.26 Å². The summed E-state index contributed by atoms with van der Waals surface area (Å²) in [6.07, 6.45) is 3.88. The predicted octanol–water partition coefficient (Wildman–Crippen LogP) is 2.49. The number of carbonyl (C=O) groups is 1. The van der Waals surface area contributed by atoms with Crippen LogP contribution in [-0.2, 0) is 4.74 Å². The van der Waals surface area contributed by atoms with Crippen LogP contribution in [0.1, 0.15) is 29.6 Å². The Hall–Kier alpha value is -2.38. The van der Waals surface area contributed by atoms with E-state index < -0.39 is 0 Å². The molecule has 7 nitrogen and oxygen atoms in total. The van der Waals surface area contributed by atoms with Crippen molar-refractivity contribution in [1.29, 1.82) is 0 Å². The summed E-state index contributed by atoms with van der Waals surface area (Å²) in [5, 5.41) is 4.32. The van der Waals surface area contributed by atoms with Gasteiger partial charge < -0.3 is 19.1 Å². The minimum Gasteiger partial charge on any atom is -0.378 e. The first kappa shape index (κ1) is 18.6. The van der Waals surface area contributed by atoms with Gasteiger partial charge in [0.1, 0.15) is 5.56 Å². The Kier molecular flexibility index (Phi) is 5.24. The molecule has 0 atom stereocenters. The second-order valence-electron chi connectivity index (χ2n) is 8.14. The molecule has 3 aliphatic heterocycles. The van der Waals surface area contributed by atoms with E-state index in [0.29, 0.717) is 36.4 Å². The average Bonchev–Trinajstić information content (AvgIpc) is 3.20. The fourth-order valence-electron chi connectivity index (χ4n) is 4.55. The average molecular weight is 396 g/mol. The first-order chi connectivity index (χ1) is 14.3. The zero-order valence-electron chi connectivity index (χ0n) is 16.8. The number of piperidine rings is 1. The number of carbonyl (C=O) groups excluding carboxylic acids is 1. The smallest absolute Gasteiger partial charge is 0.261 e. The molecule has 1 aromatic carbocycles. The van der Waals surface area contributed by atoms with Gasteiger partial charge in [0.15, 0.2) is 11.6 Å². The topological polar surface area (TPSA) is 62.1 Å². The van der Waals surface area contributed by atoms with Crippen LogP contribution in [0.4, 0.5) is 5.82 Å². The van der Waals surface area contributed by atoms with E-state index in [1.54, 1.807) is 0 Å². The van der Waals surface area contributed by atoms with Gasteiger partial charge in [-0.05, 0) is 25.9 Å². The summed E-state index contributed by atoms with van der Waals surface area (Å²) in [4.78, 5) is 20.1. The highest BCUT2D eigenvalue weighted by Crippen LogP contribution is 2.34. The van der Waals surface area contributed by atoms with E-state index in [-0.39, 0.29) is 5.91 Å². The van der Waals surface area contributed by atoms with Crippen molar-refractivity contribution in [3.05, 3.63) is 35.9 Å². The highest BCUT2D eigenvalue weighted by Gasteiger charge is 2.39. The Morgan fingerprint density at radius 2 is 1.69 bits per heavy atom. The number of hydrogen-bond donors (Lipinski definition) is 0. The Labute approximate surface area is 171 Å². The molecule has 3 saturated heterocycles. The van der Waals surface area contributed by atoms with E-state index >= 15 is 0 Å². The maximum absolute atomic E-state index is 13.5. The summed E-state index contributed by atoms with van der Waals surface area (Å²) >= 11 is 0. The Morgan fingerprint density at radius 1 is 0.966 bits per heavy atom. The number of benzene rings is 1. The summed E-state index contributed by atoms with van der Waals surface area (Å²) in [5.41, 5.74) is 1.48. The summed E-state index contributed by atoms with van der Waals surface area (Å²) in [6, 6.07) is 10.3. The molecule has 0 saturated carbocycles. The van der Waals surface area contributed by atoms with Crippen molar-refractivity contribution in [2.24, 2.45) is 0 Å². The van der Waals surface area contributed by atoms with Gasteiger partial charge in [0, 0.05) is 37.8 Å². The number of hydrogen-bond acceptors (Lipinski definition) is 6. The summed E-state index contributed by atoms with van der Waals surface area (Å²) in [5.74, 6) is 1.25. The van der Waals surface area contributed by atoms with Gasteiger partial charge in [-0.2, -0.15) is 0 Å². The molecule has 0 unspecified atom stereocenters. The number of amides is 1. The predicted molar refractivity (Wildman–Crippen MR) is 110 cm³/mol. The Bertz CT molecular complexity index is 835. The number of ether oxygens (including phenoxy) is 1. The molecule has 3 aliphatic rings. The van der Waals surface area contributed by atoms with Gasteiger partial charge in [-0.1, -0.05) is 41.9 Å². The molecule has 5 rings (SSSR count). The lowest BCUT2D eigenvalue weighted by Gasteiger charge is -2.46. The molecule has 2 aromatic rings. The minimum absolute atomic E-state index is 0.0276. The van der Waals surface area contributed by atoms with E-state index in [0.717, 1.165) is 44.8 Å². The van der Waals surface area contributed by atoms with Crippen molar-refractivity contribution >= 4 is 11.7 Å². The zero-order valence-corrected chi connectivity index (χ0v) is 16.8. The molecule has 0 bridgehead atoms.